The molecule has 0 atom stereocenters. The van der Waals surface area contributed by atoms with E-state index in [-0.39, 0.29) is 29.9 Å². The van der Waals surface area contributed by atoms with Gasteiger partial charge in [-0.3, -0.25) is 24.3 Å². The number of carbonyl (C=O) groups is 1. The molecule has 0 fully saturated rings. The van der Waals surface area contributed by atoms with Crippen LogP contribution in [0, 0.1) is 30.9 Å². The van der Waals surface area contributed by atoms with Crippen molar-refractivity contribution in [3.8, 4) is 0 Å². The zero-order valence-corrected chi connectivity index (χ0v) is 13.7. The number of nitrogens with zero attached hydrogens (tertiary/aromatic N) is 3. The molecule has 0 spiro atoms. The number of aromatic nitrogens is 2. The van der Waals surface area contributed by atoms with Crippen molar-refractivity contribution >= 4 is 11.6 Å². The molecule has 0 saturated carbocycles. The van der Waals surface area contributed by atoms with Gasteiger partial charge in [-0.2, -0.15) is 0 Å². The molecule has 0 aliphatic carbocycles. The third-order valence-corrected chi connectivity index (χ3v) is 3.82. The Hall–Kier alpha value is -3.03. The summed E-state index contributed by atoms with van der Waals surface area (Å²) in [5.41, 5.74) is 1.69. The van der Waals surface area contributed by atoms with E-state index in [2.05, 4.69) is 10.3 Å². The molecule has 1 aromatic carbocycles. The number of nitro benzene ring substituents is 1. The van der Waals surface area contributed by atoms with Crippen LogP contribution in [0.3, 0.4) is 0 Å². The molecule has 0 unspecified atom stereocenters. The van der Waals surface area contributed by atoms with E-state index in [0.29, 0.717) is 16.8 Å². The van der Waals surface area contributed by atoms with Gasteiger partial charge in [-0.25, -0.2) is 4.98 Å². The van der Waals surface area contributed by atoms with E-state index in [9.17, 15) is 19.7 Å². The summed E-state index contributed by atoms with van der Waals surface area (Å²) in [6, 6.07) is 4.31. The maximum atomic E-state index is 12.1. The predicted octanol–water partition coefficient (Wildman–Crippen LogP) is 1.51. The first-order chi connectivity index (χ1) is 11.3. The number of aryl methyl sites for hydroxylation is 2. The third-order valence-electron chi connectivity index (χ3n) is 3.82. The highest BCUT2D eigenvalue weighted by Crippen LogP contribution is 2.19. The SMILES string of the molecule is Cc1ccc(C(=O)NCCn2cnc(C)c(C)c2=O)cc1[N+](=O)[O-]. The van der Waals surface area contributed by atoms with Crippen LogP contribution in [0.2, 0.25) is 0 Å². The molecule has 8 nitrogen and oxygen atoms in total. The molecule has 126 valence electrons. The Morgan fingerprint density at radius 3 is 2.71 bits per heavy atom. The first-order valence-corrected chi connectivity index (χ1v) is 7.37. The first-order valence-electron chi connectivity index (χ1n) is 7.37. The average molecular weight is 330 g/mol. The van der Waals surface area contributed by atoms with Crippen LogP contribution in [0.4, 0.5) is 5.69 Å². The Morgan fingerprint density at radius 2 is 2.04 bits per heavy atom. The number of hydrogen-bond donors (Lipinski definition) is 1. The van der Waals surface area contributed by atoms with Crippen molar-refractivity contribution in [1.29, 1.82) is 0 Å². The fourth-order valence-electron chi connectivity index (χ4n) is 2.17. The van der Waals surface area contributed by atoms with Crippen molar-refractivity contribution in [3.63, 3.8) is 0 Å². The molecule has 8 heteroatoms. The van der Waals surface area contributed by atoms with Crippen molar-refractivity contribution in [1.82, 2.24) is 14.9 Å². The summed E-state index contributed by atoms with van der Waals surface area (Å²) in [7, 11) is 0. The molecule has 0 radical (unpaired) electrons. The largest absolute Gasteiger partial charge is 0.350 e. The van der Waals surface area contributed by atoms with Crippen LogP contribution in [0.25, 0.3) is 0 Å². The standard InChI is InChI=1S/C16H18N4O4/c1-10-4-5-13(8-14(10)20(23)24)15(21)17-6-7-19-9-18-12(3)11(2)16(19)22/h4-5,8-9H,6-7H2,1-3H3,(H,17,21). The van der Waals surface area contributed by atoms with E-state index >= 15 is 0 Å². The highest BCUT2D eigenvalue weighted by molar-refractivity contribution is 5.94. The molecule has 24 heavy (non-hydrogen) atoms. The molecular weight excluding hydrogens is 312 g/mol. The molecule has 0 bridgehead atoms. The van der Waals surface area contributed by atoms with Crippen LogP contribution < -0.4 is 10.9 Å². The molecular formula is C16H18N4O4. The van der Waals surface area contributed by atoms with E-state index < -0.39 is 10.8 Å². The van der Waals surface area contributed by atoms with Gasteiger partial charge in [-0.15, -0.1) is 0 Å². The summed E-state index contributed by atoms with van der Waals surface area (Å²) in [4.78, 5) is 38.6. The first kappa shape index (κ1) is 17.3. The van der Waals surface area contributed by atoms with Crippen molar-refractivity contribution in [3.05, 3.63) is 67.4 Å². The van der Waals surface area contributed by atoms with Gasteiger partial charge in [0.25, 0.3) is 17.2 Å². The number of rotatable bonds is 5. The Balaban J connectivity index is 2.04. The van der Waals surface area contributed by atoms with Gasteiger partial charge in [0, 0.05) is 41.5 Å². The minimum Gasteiger partial charge on any atom is -0.350 e. The lowest BCUT2D eigenvalue weighted by Crippen LogP contribution is -2.32. The lowest BCUT2D eigenvalue weighted by atomic mass is 10.1. The van der Waals surface area contributed by atoms with Gasteiger partial charge >= 0.3 is 0 Å². The van der Waals surface area contributed by atoms with Crippen molar-refractivity contribution in [2.75, 3.05) is 6.54 Å². The second-order valence-corrected chi connectivity index (χ2v) is 5.47. The van der Waals surface area contributed by atoms with Gasteiger partial charge in [-0.05, 0) is 26.8 Å². The third kappa shape index (κ3) is 3.65. The number of hydrogen-bond acceptors (Lipinski definition) is 5. The van der Waals surface area contributed by atoms with E-state index in [1.807, 2.05) is 0 Å². The van der Waals surface area contributed by atoms with E-state index in [0.717, 1.165) is 0 Å². The highest BCUT2D eigenvalue weighted by Gasteiger charge is 2.14. The topological polar surface area (TPSA) is 107 Å². The van der Waals surface area contributed by atoms with Crippen LogP contribution in [0.15, 0.2) is 29.3 Å². The summed E-state index contributed by atoms with van der Waals surface area (Å²) < 4.78 is 1.42. The molecule has 2 aromatic rings. The fraction of sp³-hybridized carbons (Fsp3) is 0.312. The van der Waals surface area contributed by atoms with Crippen molar-refractivity contribution < 1.29 is 9.72 Å². The van der Waals surface area contributed by atoms with Crippen molar-refractivity contribution in [2.45, 2.75) is 27.3 Å². The maximum absolute atomic E-state index is 12.1. The van der Waals surface area contributed by atoms with Crippen LogP contribution in [0.1, 0.15) is 27.2 Å². The Labute approximate surface area is 138 Å². The Morgan fingerprint density at radius 1 is 1.33 bits per heavy atom. The van der Waals surface area contributed by atoms with Gasteiger partial charge in [0.1, 0.15) is 0 Å². The zero-order chi connectivity index (χ0) is 17.9. The van der Waals surface area contributed by atoms with E-state index in [4.69, 9.17) is 0 Å². The van der Waals surface area contributed by atoms with Crippen LogP contribution in [-0.4, -0.2) is 26.9 Å². The summed E-state index contributed by atoms with van der Waals surface area (Å²) in [5, 5.41) is 13.6. The molecule has 0 aliphatic heterocycles. The summed E-state index contributed by atoms with van der Waals surface area (Å²) in [5.74, 6) is -0.428. The Bertz CT molecular complexity index is 858. The van der Waals surface area contributed by atoms with Crippen molar-refractivity contribution in [2.24, 2.45) is 0 Å². The maximum Gasteiger partial charge on any atom is 0.273 e. The summed E-state index contributed by atoms with van der Waals surface area (Å²) in [6.07, 6.45) is 1.44. The van der Waals surface area contributed by atoms with Gasteiger partial charge in [-0.1, -0.05) is 6.07 Å². The second kappa shape index (κ2) is 7.03. The molecule has 1 aromatic heterocycles. The molecule has 0 saturated heterocycles. The molecule has 1 amide bonds. The number of carbonyl (C=O) groups excluding carboxylic acids is 1. The average Bonchev–Trinajstić information content (AvgIpc) is 2.54. The second-order valence-electron chi connectivity index (χ2n) is 5.47. The van der Waals surface area contributed by atoms with Gasteiger partial charge < -0.3 is 5.32 Å². The van der Waals surface area contributed by atoms with Gasteiger partial charge in [0.2, 0.25) is 0 Å². The minimum atomic E-state index is -0.521. The zero-order valence-electron chi connectivity index (χ0n) is 13.7. The minimum absolute atomic E-state index is 0.0998. The lowest BCUT2D eigenvalue weighted by Gasteiger charge is -2.09. The highest BCUT2D eigenvalue weighted by atomic mass is 16.6. The van der Waals surface area contributed by atoms with Crippen LogP contribution >= 0.6 is 0 Å². The molecule has 2 rings (SSSR count). The van der Waals surface area contributed by atoms with Gasteiger partial charge in [0.05, 0.1) is 11.3 Å². The number of benzene rings is 1. The lowest BCUT2D eigenvalue weighted by molar-refractivity contribution is -0.385. The van der Waals surface area contributed by atoms with E-state index in [1.165, 1.54) is 29.1 Å². The number of nitro groups is 1. The summed E-state index contributed by atoms with van der Waals surface area (Å²) >= 11 is 0. The molecule has 1 N–H and O–H groups in total. The number of nitrogens with one attached hydrogen (secondary N) is 1. The fourth-order valence-corrected chi connectivity index (χ4v) is 2.17. The number of amides is 1. The van der Waals surface area contributed by atoms with E-state index in [1.54, 1.807) is 20.8 Å². The van der Waals surface area contributed by atoms with Crippen LogP contribution in [0.5, 0.6) is 0 Å². The smallest absolute Gasteiger partial charge is 0.273 e. The predicted molar refractivity (Wildman–Crippen MR) is 88.1 cm³/mol. The Kier molecular flexibility index (Phi) is 5.08. The quantitative estimate of drug-likeness (QED) is 0.660. The molecule has 0 aliphatic rings. The summed E-state index contributed by atoms with van der Waals surface area (Å²) in [6.45, 7) is 5.55. The monoisotopic (exact) mass is 330 g/mol. The normalized spacial score (nSPS) is 10.5. The molecule has 1 heterocycles. The van der Waals surface area contributed by atoms with Crippen LogP contribution in [-0.2, 0) is 6.54 Å². The van der Waals surface area contributed by atoms with Gasteiger partial charge in [0.15, 0.2) is 0 Å².